The zero-order chi connectivity index (χ0) is 31.1. The molecule has 4 aromatic rings. The molecule has 3 N–H and O–H groups in total. The number of anilines is 3. The summed E-state index contributed by atoms with van der Waals surface area (Å²) in [5.41, 5.74) is 5.14. The first-order chi connectivity index (χ1) is 21.3. The van der Waals surface area contributed by atoms with E-state index >= 15 is 0 Å². The number of thioether (sulfide) groups is 1. The number of carbonyl (C=O) groups excluding carboxylic acids is 2. The van der Waals surface area contributed by atoms with E-state index in [1.807, 2.05) is 49.4 Å². The van der Waals surface area contributed by atoms with E-state index in [0.717, 1.165) is 52.8 Å². The summed E-state index contributed by atoms with van der Waals surface area (Å²) in [5, 5.41) is 20.1. The Balaban J connectivity index is 1.20. The maximum atomic E-state index is 13.5. The van der Waals surface area contributed by atoms with Crippen LogP contribution in [0.1, 0.15) is 52.2 Å². The Kier molecular flexibility index (Phi) is 10.5. The van der Waals surface area contributed by atoms with E-state index in [1.165, 1.54) is 35.6 Å². The lowest BCUT2D eigenvalue weighted by Gasteiger charge is -2.26. The SMILES string of the molecule is CCC(Sc1cccc(NC(=S)Nc2ccc(C(C)=O)cc2)c1)C(=O)Nc1sc2c(c1C#N)CCN(Cc1ccccc1)C2. The second-order valence-corrected chi connectivity index (χ2v) is 13.3. The highest BCUT2D eigenvalue weighted by molar-refractivity contribution is 8.00. The van der Waals surface area contributed by atoms with E-state index in [2.05, 4.69) is 51.2 Å². The van der Waals surface area contributed by atoms with Gasteiger partial charge in [0.05, 0.1) is 10.8 Å². The fourth-order valence-electron chi connectivity index (χ4n) is 5.05. The Hall–Kier alpha value is -4.01. The van der Waals surface area contributed by atoms with Gasteiger partial charge < -0.3 is 16.0 Å². The molecule has 44 heavy (non-hydrogen) atoms. The summed E-state index contributed by atoms with van der Waals surface area (Å²) in [6.07, 6.45) is 1.42. The minimum absolute atomic E-state index is 0.0107. The Morgan fingerprint density at radius 2 is 1.77 bits per heavy atom. The quantitative estimate of drug-likeness (QED) is 0.0923. The van der Waals surface area contributed by atoms with Crippen molar-refractivity contribution >= 4 is 68.5 Å². The van der Waals surface area contributed by atoms with Crippen molar-refractivity contribution in [3.8, 4) is 6.07 Å². The molecule has 0 saturated heterocycles. The predicted octanol–water partition coefficient (Wildman–Crippen LogP) is 7.70. The summed E-state index contributed by atoms with van der Waals surface area (Å²) >= 11 is 8.49. The molecule has 1 aromatic heterocycles. The fraction of sp³-hybridized carbons (Fsp3) is 0.235. The highest BCUT2D eigenvalue weighted by atomic mass is 32.2. The molecule has 0 aliphatic carbocycles. The number of ketones is 1. The third-order valence-corrected chi connectivity index (χ3v) is 10.0. The standard InChI is InChI=1S/C34H33N5O2S3/c1-3-30(43-27-11-7-10-26(18-27)37-34(42)36-25-14-12-24(13-15-25)22(2)40)32(41)38-33-29(19-35)28-16-17-39(21-31(28)44-33)20-23-8-5-4-6-9-23/h4-15,18,30H,3,16-17,20-21H2,1-2H3,(H,38,41)(H2,36,37,42). The van der Waals surface area contributed by atoms with Gasteiger partial charge in [-0.2, -0.15) is 5.26 Å². The Morgan fingerprint density at radius 1 is 1.02 bits per heavy atom. The first-order valence-electron chi connectivity index (χ1n) is 14.4. The maximum Gasteiger partial charge on any atom is 0.238 e. The lowest BCUT2D eigenvalue weighted by atomic mass is 10.0. The average Bonchev–Trinajstić information content (AvgIpc) is 3.36. The Labute approximate surface area is 271 Å². The number of nitriles is 1. The van der Waals surface area contributed by atoms with E-state index in [4.69, 9.17) is 12.2 Å². The second kappa shape index (κ2) is 14.6. The van der Waals surface area contributed by atoms with Crippen molar-refractivity contribution in [3.63, 3.8) is 0 Å². The number of thiocarbonyl (C=S) groups is 1. The summed E-state index contributed by atoms with van der Waals surface area (Å²) in [5.74, 6) is -0.102. The number of amides is 1. The molecule has 2 heterocycles. The van der Waals surface area contributed by atoms with Gasteiger partial charge >= 0.3 is 0 Å². The molecule has 0 saturated carbocycles. The molecule has 0 spiro atoms. The molecule has 3 aromatic carbocycles. The molecule has 5 rings (SSSR count). The lowest BCUT2D eigenvalue weighted by molar-refractivity contribution is -0.115. The van der Waals surface area contributed by atoms with Crippen LogP contribution in [0.2, 0.25) is 0 Å². The molecule has 7 nitrogen and oxygen atoms in total. The van der Waals surface area contributed by atoms with Crippen molar-refractivity contribution in [2.75, 3.05) is 22.5 Å². The van der Waals surface area contributed by atoms with Gasteiger partial charge in [0, 0.05) is 46.3 Å². The van der Waals surface area contributed by atoms with Crippen molar-refractivity contribution < 1.29 is 9.59 Å². The van der Waals surface area contributed by atoms with Crippen molar-refractivity contribution in [1.82, 2.24) is 4.90 Å². The number of fused-ring (bicyclic) bond motifs is 1. The van der Waals surface area contributed by atoms with E-state index < -0.39 is 0 Å². The molecule has 1 aliphatic heterocycles. The van der Waals surface area contributed by atoms with Crippen LogP contribution in [0.4, 0.5) is 16.4 Å². The molecule has 224 valence electrons. The first kappa shape index (κ1) is 31.4. The number of thiophene rings is 1. The third kappa shape index (κ3) is 7.92. The average molecular weight is 640 g/mol. The molecule has 1 aliphatic rings. The molecule has 1 unspecified atom stereocenters. The van der Waals surface area contributed by atoms with Crippen LogP contribution >= 0.6 is 35.3 Å². The van der Waals surface area contributed by atoms with Gasteiger partial charge in [-0.1, -0.05) is 43.3 Å². The minimum atomic E-state index is -0.338. The fourth-order valence-corrected chi connectivity index (χ4v) is 7.54. The largest absolute Gasteiger partial charge is 0.332 e. The van der Waals surface area contributed by atoms with Crippen LogP contribution in [0.3, 0.4) is 0 Å². The first-order valence-corrected chi connectivity index (χ1v) is 16.5. The number of nitrogens with zero attached hydrogens (tertiary/aromatic N) is 2. The normalized spacial score (nSPS) is 13.3. The van der Waals surface area contributed by atoms with Gasteiger partial charge in [-0.05, 0) is 85.6 Å². The third-order valence-electron chi connectivity index (χ3n) is 7.32. The van der Waals surface area contributed by atoms with E-state index in [9.17, 15) is 14.9 Å². The number of rotatable bonds is 10. The van der Waals surface area contributed by atoms with E-state index in [-0.39, 0.29) is 16.9 Å². The van der Waals surface area contributed by atoms with Crippen LogP contribution in [0.25, 0.3) is 0 Å². The molecule has 0 fully saturated rings. The zero-order valence-corrected chi connectivity index (χ0v) is 27.0. The molecular formula is C34H33N5O2S3. The van der Waals surface area contributed by atoms with Crippen LogP contribution in [-0.4, -0.2) is 33.5 Å². The van der Waals surface area contributed by atoms with Crippen LogP contribution in [0.15, 0.2) is 83.8 Å². The Bertz CT molecular complexity index is 1700. The summed E-state index contributed by atoms with van der Waals surface area (Å²) in [7, 11) is 0. The van der Waals surface area contributed by atoms with Crippen molar-refractivity contribution in [1.29, 1.82) is 5.26 Å². The summed E-state index contributed by atoms with van der Waals surface area (Å²) < 4.78 is 0. The highest BCUT2D eigenvalue weighted by Gasteiger charge is 2.27. The molecule has 1 atom stereocenters. The minimum Gasteiger partial charge on any atom is -0.332 e. The van der Waals surface area contributed by atoms with Crippen LogP contribution in [0.5, 0.6) is 0 Å². The van der Waals surface area contributed by atoms with Gasteiger partial charge in [0.1, 0.15) is 11.1 Å². The van der Waals surface area contributed by atoms with Gasteiger partial charge in [-0.3, -0.25) is 14.5 Å². The van der Waals surface area contributed by atoms with Crippen LogP contribution in [-0.2, 0) is 24.3 Å². The second-order valence-electron chi connectivity index (χ2n) is 10.5. The zero-order valence-electron chi connectivity index (χ0n) is 24.6. The summed E-state index contributed by atoms with van der Waals surface area (Å²) in [6.45, 7) is 6.03. The number of carbonyl (C=O) groups is 2. The van der Waals surface area contributed by atoms with E-state index in [0.29, 0.717) is 27.7 Å². The maximum absolute atomic E-state index is 13.5. The highest BCUT2D eigenvalue weighted by Crippen LogP contribution is 2.38. The van der Waals surface area contributed by atoms with Gasteiger partial charge in [0.2, 0.25) is 5.91 Å². The van der Waals surface area contributed by atoms with Crippen LogP contribution < -0.4 is 16.0 Å². The van der Waals surface area contributed by atoms with Gasteiger partial charge in [-0.15, -0.1) is 23.1 Å². The van der Waals surface area contributed by atoms with Gasteiger partial charge in [-0.25, -0.2) is 0 Å². The Morgan fingerprint density at radius 3 is 2.48 bits per heavy atom. The lowest BCUT2D eigenvalue weighted by Crippen LogP contribution is -2.29. The summed E-state index contributed by atoms with van der Waals surface area (Å²) in [4.78, 5) is 29.4. The van der Waals surface area contributed by atoms with Gasteiger partial charge in [0.25, 0.3) is 0 Å². The summed E-state index contributed by atoms with van der Waals surface area (Å²) in [6, 6.07) is 27.6. The van der Waals surface area contributed by atoms with Crippen molar-refractivity contribution in [3.05, 3.63) is 106 Å². The smallest absolute Gasteiger partial charge is 0.238 e. The number of benzene rings is 3. The molecule has 0 radical (unpaired) electrons. The molecule has 10 heteroatoms. The van der Waals surface area contributed by atoms with Crippen molar-refractivity contribution in [2.45, 2.75) is 49.9 Å². The predicted molar refractivity (Wildman–Crippen MR) is 185 cm³/mol. The topological polar surface area (TPSA) is 97.3 Å². The van der Waals surface area contributed by atoms with E-state index in [1.54, 1.807) is 12.1 Å². The molecule has 0 bridgehead atoms. The van der Waals surface area contributed by atoms with Crippen LogP contribution in [0, 0.1) is 11.3 Å². The van der Waals surface area contributed by atoms with Crippen molar-refractivity contribution in [2.24, 2.45) is 0 Å². The number of hydrogen-bond donors (Lipinski definition) is 3. The molecule has 1 amide bonds. The number of hydrogen-bond acceptors (Lipinski definition) is 7. The monoisotopic (exact) mass is 639 g/mol. The van der Waals surface area contributed by atoms with Gasteiger partial charge in [0.15, 0.2) is 10.9 Å². The molecular weight excluding hydrogens is 607 g/mol. The number of nitrogens with one attached hydrogen (secondary N) is 3. The number of Topliss-reactive ketones (excluding diaryl/α,β-unsaturated/α-hetero) is 1.